The summed E-state index contributed by atoms with van der Waals surface area (Å²) in [6, 6.07) is -1.10. The normalized spacial score (nSPS) is 29.0. The predicted octanol–water partition coefficient (Wildman–Crippen LogP) is 2.87. The van der Waals surface area contributed by atoms with E-state index in [1.807, 2.05) is 0 Å². The zero-order chi connectivity index (χ0) is 21.7. The number of hydrogen-bond donors (Lipinski definition) is 3. The molecular formula is C18H23BF5N5O. The minimum absolute atomic E-state index is 0.0294. The van der Waals surface area contributed by atoms with Gasteiger partial charge in [-0.3, -0.25) is 0 Å². The summed E-state index contributed by atoms with van der Waals surface area (Å²) in [5.41, 5.74) is -1.55. The van der Waals surface area contributed by atoms with Gasteiger partial charge in [-0.05, 0) is 19.3 Å². The highest BCUT2D eigenvalue weighted by molar-refractivity contribution is 6.17. The van der Waals surface area contributed by atoms with Gasteiger partial charge in [0.15, 0.2) is 13.7 Å². The number of nitrogens with one attached hydrogen (secondary N) is 2. The molecule has 1 atom stereocenters. The van der Waals surface area contributed by atoms with Gasteiger partial charge in [0, 0.05) is 43.3 Å². The number of aromatic nitrogens is 3. The van der Waals surface area contributed by atoms with Crippen LogP contribution in [0.5, 0.6) is 0 Å². The molecule has 0 amide bonds. The highest BCUT2D eigenvalue weighted by atomic mass is 19.3. The first kappa shape index (κ1) is 21.3. The maximum absolute atomic E-state index is 15.0. The summed E-state index contributed by atoms with van der Waals surface area (Å²) in [6.45, 7) is 0. The van der Waals surface area contributed by atoms with E-state index in [1.54, 1.807) is 0 Å². The Bertz CT molecular complexity index is 805. The number of allylic oxidation sites excluding steroid dienone is 1. The fourth-order valence-corrected chi connectivity index (χ4v) is 4.06. The van der Waals surface area contributed by atoms with Crippen LogP contribution in [0.1, 0.15) is 57.2 Å². The Kier molecular flexibility index (Phi) is 5.18. The Balaban J connectivity index is 1.63. The topological polar surface area (TPSA) is 83.0 Å². The van der Waals surface area contributed by atoms with Crippen LogP contribution in [0.4, 0.5) is 33.8 Å². The van der Waals surface area contributed by atoms with E-state index in [0.717, 1.165) is 0 Å². The molecule has 3 N–H and O–H groups in total. The maximum atomic E-state index is 15.0. The fourth-order valence-electron chi connectivity index (χ4n) is 4.06. The highest BCUT2D eigenvalue weighted by Gasteiger charge is 2.47. The molecule has 0 aromatic carbocycles. The molecule has 3 aliphatic carbocycles. The van der Waals surface area contributed by atoms with Crippen LogP contribution in [0.15, 0.2) is 5.83 Å². The van der Waals surface area contributed by atoms with Gasteiger partial charge in [0.25, 0.3) is 11.8 Å². The van der Waals surface area contributed by atoms with Gasteiger partial charge in [0.05, 0.1) is 5.50 Å². The average molecular weight is 431 g/mol. The molecule has 0 aliphatic heterocycles. The van der Waals surface area contributed by atoms with Crippen molar-refractivity contribution in [1.82, 2.24) is 15.0 Å². The van der Waals surface area contributed by atoms with Crippen molar-refractivity contribution in [3.8, 4) is 0 Å². The summed E-state index contributed by atoms with van der Waals surface area (Å²) >= 11 is 0. The summed E-state index contributed by atoms with van der Waals surface area (Å²) in [5, 5.41) is 16.0. The largest absolute Gasteiger partial charge is 0.392 e. The molecule has 0 bridgehead atoms. The molecule has 1 aromatic heterocycles. The molecule has 6 nitrogen and oxygen atoms in total. The van der Waals surface area contributed by atoms with Gasteiger partial charge in [0.2, 0.25) is 11.9 Å². The minimum Gasteiger partial charge on any atom is -0.392 e. The Morgan fingerprint density at radius 1 is 0.867 bits per heavy atom. The molecule has 2 fully saturated rings. The lowest BCUT2D eigenvalue weighted by Gasteiger charge is -2.36. The number of nitrogens with zero attached hydrogens (tertiary/aromatic N) is 3. The molecule has 12 heteroatoms. The lowest BCUT2D eigenvalue weighted by Crippen LogP contribution is -2.45. The second-order valence-corrected chi connectivity index (χ2v) is 8.79. The third kappa shape index (κ3) is 4.52. The number of alkyl halides is 4. The van der Waals surface area contributed by atoms with Crippen molar-refractivity contribution in [3.63, 3.8) is 0 Å². The second-order valence-electron chi connectivity index (χ2n) is 8.79. The summed E-state index contributed by atoms with van der Waals surface area (Å²) in [7, 11) is 1.38. The van der Waals surface area contributed by atoms with Crippen molar-refractivity contribution >= 4 is 25.3 Å². The smallest absolute Gasteiger partial charge is 0.252 e. The number of halogens is 5. The van der Waals surface area contributed by atoms with Gasteiger partial charge in [-0.2, -0.15) is 15.0 Å². The van der Waals surface area contributed by atoms with Gasteiger partial charge in [0.1, 0.15) is 5.83 Å². The monoisotopic (exact) mass is 431 g/mol. The third-order valence-corrected chi connectivity index (χ3v) is 5.83. The zero-order valence-corrected chi connectivity index (χ0v) is 16.5. The van der Waals surface area contributed by atoms with Crippen molar-refractivity contribution in [2.24, 2.45) is 0 Å². The SMILES string of the molecule is BC1(O)CCCCC(c2nc(NC3CC(F)(F)C3)nc(NC3CC(F)(F)C3)n2)=C1F. The average Bonchev–Trinajstić information content (AvgIpc) is 2.70. The van der Waals surface area contributed by atoms with Gasteiger partial charge < -0.3 is 15.7 Å². The molecule has 4 rings (SSSR count). The van der Waals surface area contributed by atoms with Crippen LogP contribution < -0.4 is 10.6 Å². The van der Waals surface area contributed by atoms with E-state index < -0.39 is 35.3 Å². The molecule has 1 unspecified atom stereocenters. The van der Waals surface area contributed by atoms with Crippen LogP contribution in [0, 0.1) is 0 Å². The summed E-state index contributed by atoms with van der Waals surface area (Å²) in [5.74, 6) is -6.33. The second kappa shape index (κ2) is 7.31. The van der Waals surface area contributed by atoms with E-state index in [4.69, 9.17) is 0 Å². The molecule has 1 heterocycles. The first-order valence-corrected chi connectivity index (χ1v) is 10.1. The van der Waals surface area contributed by atoms with Crippen LogP contribution in [0.25, 0.3) is 5.57 Å². The van der Waals surface area contributed by atoms with E-state index in [1.165, 1.54) is 7.85 Å². The summed E-state index contributed by atoms with van der Waals surface area (Å²) in [6.07, 6.45) is 0.245. The van der Waals surface area contributed by atoms with Crippen molar-refractivity contribution in [2.45, 2.75) is 80.8 Å². The standard InChI is InChI=1S/C18H23BF5N5O/c19-18(30)4-2-1-3-11(12(18)20)13-27-14(25-9-5-16(21,22)6-9)29-15(28-13)26-10-7-17(23,24)8-10/h9-10,30H,1-8,19H2,(H2,25,26,27,28,29). The van der Waals surface area contributed by atoms with Crippen molar-refractivity contribution < 1.29 is 27.1 Å². The zero-order valence-electron chi connectivity index (χ0n) is 16.5. The number of rotatable bonds is 5. The molecule has 30 heavy (non-hydrogen) atoms. The van der Waals surface area contributed by atoms with Crippen LogP contribution in [0.2, 0.25) is 0 Å². The first-order chi connectivity index (χ1) is 13.9. The Morgan fingerprint density at radius 2 is 1.37 bits per heavy atom. The van der Waals surface area contributed by atoms with Crippen LogP contribution in [-0.2, 0) is 0 Å². The molecule has 3 aliphatic rings. The van der Waals surface area contributed by atoms with E-state index >= 15 is 4.39 Å². The Labute approximate surface area is 171 Å². The van der Waals surface area contributed by atoms with E-state index in [9.17, 15) is 22.7 Å². The van der Waals surface area contributed by atoms with Crippen molar-refractivity contribution in [3.05, 3.63) is 11.7 Å². The molecule has 0 radical (unpaired) electrons. The molecule has 0 saturated heterocycles. The molecule has 2 saturated carbocycles. The van der Waals surface area contributed by atoms with E-state index in [-0.39, 0.29) is 61.8 Å². The first-order valence-electron chi connectivity index (χ1n) is 10.1. The Morgan fingerprint density at radius 3 is 1.83 bits per heavy atom. The van der Waals surface area contributed by atoms with Crippen LogP contribution >= 0.6 is 0 Å². The number of hydrogen-bond acceptors (Lipinski definition) is 6. The quantitative estimate of drug-likeness (QED) is 0.492. The maximum Gasteiger partial charge on any atom is 0.252 e. The van der Waals surface area contributed by atoms with Crippen LogP contribution in [0.3, 0.4) is 0 Å². The number of anilines is 2. The minimum atomic E-state index is -2.75. The van der Waals surface area contributed by atoms with Gasteiger partial charge in [-0.25, -0.2) is 22.0 Å². The van der Waals surface area contributed by atoms with Gasteiger partial charge >= 0.3 is 0 Å². The molecule has 164 valence electrons. The fraction of sp³-hybridized carbons (Fsp3) is 0.722. The lowest BCUT2D eigenvalue weighted by atomic mass is 9.76. The highest BCUT2D eigenvalue weighted by Crippen LogP contribution is 2.41. The lowest BCUT2D eigenvalue weighted by molar-refractivity contribution is -0.0799. The van der Waals surface area contributed by atoms with Crippen molar-refractivity contribution in [2.75, 3.05) is 10.6 Å². The molecular weight excluding hydrogens is 408 g/mol. The van der Waals surface area contributed by atoms with Crippen LogP contribution in [-0.4, -0.2) is 57.3 Å². The summed E-state index contributed by atoms with van der Waals surface area (Å²) < 4.78 is 67.6. The van der Waals surface area contributed by atoms with Gasteiger partial charge in [-0.15, -0.1) is 0 Å². The van der Waals surface area contributed by atoms with E-state index in [0.29, 0.717) is 12.8 Å². The predicted molar refractivity (Wildman–Crippen MR) is 103 cm³/mol. The van der Waals surface area contributed by atoms with E-state index in [2.05, 4.69) is 25.6 Å². The van der Waals surface area contributed by atoms with Gasteiger partial charge in [-0.1, -0.05) is 6.42 Å². The number of aliphatic hydroxyl groups is 1. The molecule has 1 aromatic rings. The Hall–Kier alpha value is -1.98. The van der Waals surface area contributed by atoms with Crippen molar-refractivity contribution in [1.29, 1.82) is 0 Å². The summed E-state index contributed by atoms with van der Waals surface area (Å²) in [4.78, 5) is 12.5. The molecule has 0 spiro atoms. The third-order valence-electron chi connectivity index (χ3n) is 5.83.